The van der Waals surface area contributed by atoms with Crippen LogP contribution in [0.2, 0.25) is 0 Å². The topological polar surface area (TPSA) is 30.0 Å². The molecule has 0 spiro atoms. The van der Waals surface area contributed by atoms with E-state index in [-0.39, 0.29) is 5.78 Å². The van der Waals surface area contributed by atoms with Gasteiger partial charge in [0, 0.05) is 16.8 Å². The highest BCUT2D eigenvalue weighted by Gasteiger charge is 2.13. The molecule has 0 radical (unpaired) electrons. The molecule has 0 atom stereocenters. The molecule has 0 aliphatic heterocycles. The number of nitrogens with zero attached hydrogens (tertiary/aromatic N) is 1. The van der Waals surface area contributed by atoms with E-state index < -0.39 is 0 Å². The Morgan fingerprint density at radius 2 is 2.27 bits per heavy atom. The highest BCUT2D eigenvalue weighted by Crippen LogP contribution is 2.34. The van der Waals surface area contributed by atoms with Crippen LogP contribution in [0.1, 0.15) is 22.3 Å². The van der Waals surface area contributed by atoms with E-state index >= 15 is 0 Å². The van der Waals surface area contributed by atoms with Crippen LogP contribution in [-0.4, -0.2) is 10.8 Å². The van der Waals surface area contributed by atoms with Crippen LogP contribution in [0.25, 0.3) is 9.88 Å². The Balaban J connectivity index is 2.46. The Kier molecular flexibility index (Phi) is 3.04. The molecule has 2 aromatic rings. The molecule has 2 heterocycles. The van der Waals surface area contributed by atoms with Gasteiger partial charge in [0.1, 0.15) is 5.01 Å². The van der Waals surface area contributed by atoms with Crippen LogP contribution in [0.15, 0.2) is 15.9 Å². The highest BCUT2D eigenvalue weighted by molar-refractivity contribution is 9.10. The third-order valence-corrected chi connectivity index (χ3v) is 5.01. The van der Waals surface area contributed by atoms with Crippen LogP contribution in [0.3, 0.4) is 0 Å². The first kappa shape index (κ1) is 11.0. The van der Waals surface area contributed by atoms with Gasteiger partial charge in [0.25, 0.3) is 0 Å². The largest absolute Gasteiger partial charge is 0.294 e. The fourth-order valence-corrected chi connectivity index (χ4v) is 3.71. The monoisotopic (exact) mass is 301 g/mol. The molecule has 0 saturated carbocycles. The summed E-state index contributed by atoms with van der Waals surface area (Å²) in [6, 6.07) is 2.02. The molecule has 0 aliphatic carbocycles. The maximum atomic E-state index is 11.3. The van der Waals surface area contributed by atoms with E-state index in [0.29, 0.717) is 0 Å². The number of hydrogen-bond donors (Lipinski definition) is 0. The van der Waals surface area contributed by atoms with Gasteiger partial charge in [0.2, 0.25) is 0 Å². The molecule has 15 heavy (non-hydrogen) atoms. The van der Waals surface area contributed by atoms with E-state index in [4.69, 9.17) is 0 Å². The maximum Gasteiger partial charge on any atom is 0.171 e. The molecule has 2 aromatic heterocycles. The van der Waals surface area contributed by atoms with Gasteiger partial charge in [-0.2, -0.15) is 0 Å². The lowest BCUT2D eigenvalue weighted by molar-refractivity contribution is 0.102. The van der Waals surface area contributed by atoms with Crippen LogP contribution in [-0.2, 0) is 0 Å². The summed E-state index contributed by atoms with van der Waals surface area (Å²) in [4.78, 5) is 17.5. The molecule has 2 rings (SSSR count). The molecule has 0 unspecified atom stereocenters. The Bertz CT molecular complexity index is 515. The summed E-state index contributed by atoms with van der Waals surface area (Å²) in [7, 11) is 0. The standard InChI is InChI=1S/C10H8BrNOS2/c1-5-9(6(2)13)15-10(12-5)8-3-7(11)4-14-8/h3-4H,1-2H3. The molecule has 0 amide bonds. The minimum atomic E-state index is 0.0897. The Labute approximate surface area is 104 Å². The van der Waals surface area contributed by atoms with E-state index in [9.17, 15) is 4.79 Å². The van der Waals surface area contributed by atoms with Gasteiger partial charge in [-0.3, -0.25) is 4.79 Å². The number of rotatable bonds is 2. The predicted octanol–water partition coefficient (Wildman–Crippen LogP) is 4.15. The highest BCUT2D eigenvalue weighted by atomic mass is 79.9. The van der Waals surface area contributed by atoms with E-state index in [1.807, 2.05) is 18.4 Å². The van der Waals surface area contributed by atoms with Crippen molar-refractivity contribution in [2.45, 2.75) is 13.8 Å². The number of aromatic nitrogens is 1. The molecular formula is C10H8BrNOS2. The molecule has 0 bridgehead atoms. The summed E-state index contributed by atoms with van der Waals surface area (Å²) < 4.78 is 1.06. The summed E-state index contributed by atoms with van der Waals surface area (Å²) in [5.41, 5.74) is 0.826. The van der Waals surface area contributed by atoms with E-state index in [2.05, 4.69) is 20.9 Å². The van der Waals surface area contributed by atoms with Crippen LogP contribution in [0.5, 0.6) is 0 Å². The van der Waals surface area contributed by atoms with Crippen LogP contribution < -0.4 is 0 Å². The van der Waals surface area contributed by atoms with E-state index in [1.54, 1.807) is 18.3 Å². The van der Waals surface area contributed by atoms with Crippen molar-refractivity contribution in [3.63, 3.8) is 0 Å². The Hall–Kier alpha value is -0.520. The summed E-state index contributed by atoms with van der Waals surface area (Å²) >= 11 is 6.49. The van der Waals surface area contributed by atoms with Crippen molar-refractivity contribution in [1.82, 2.24) is 4.98 Å². The first-order valence-corrected chi connectivity index (χ1v) is 6.79. The number of carbonyl (C=O) groups excluding carboxylic acids is 1. The molecule has 0 saturated heterocycles. The fourth-order valence-electron chi connectivity index (χ4n) is 1.25. The van der Waals surface area contributed by atoms with Crippen molar-refractivity contribution in [1.29, 1.82) is 0 Å². The minimum absolute atomic E-state index is 0.0897. The third-order valence-electron chi connectivity index (χ3n) is 1.89. The number of carbonyl (C=O) groups is 1. The summed E-state index contributed by atoms with van der Waals surface area (Å²) in [6.07, 6.45) is 0. The van der Waals surface area contributed by atoms with Gasteiger partial charge in [-0.1, -0.05) is 0 Å². The lowest BCUT2D eigenvalue weighted by atomic mass is 10.3. The number of Topliss-reactive ketones (excluding diaryl/α,β-unsaturated/α-hetero) is 1. The van der Waals surface area contributed by atoms with Gasteiger partial charge < -0.3 is 0 Å². The third kappa shape index (κ3) is 2.19. The molecule has 0 aromatic carbocycles. The molecular weight excluding hydrogens is 294 g/mol. The number of aryl methyl sites for hydroxylation is 1. The smallest absolute Gasteiger partial charge is 0.171 e. The number of thiazole rings is 1. The van der Waals surface area contributed by atoms with Crippen molar-refractivity contribution < 1.29 is 4.79 Å². The van der Waals surface area contributed by atoms with Crippen LogP contribution >= 0.6 is 38.6 Å². The molecule has 0 N–H and O–H groups in total. The second-order valence-corrected chi connectivity index (χ2v) is 5.94. The summed E-state index contributed by atoms with van der Waals surface area (Å²) in [5.74, 6) is 0.0897. The molecule has 5 heteroatoms. The van der Waals surface area contributed by atoms with E-state index in [1.165, 1.54) is 11.3 Å². The minimum Gasteiger partial charge on any atom is -0.294 e. The zero-order chi connectivity index (χ0) is 11.0. The summed E-state index contributed by atoms with van der Waals surface area (Å²) in [6.45, 7) is 3.45. The molecule has 2 nitrogen and oxygen atoms in total. The zero-order valence-corrected chi connectivity index (χ0v) is 11.4. The molecule has 0 fully saturated rings. The van der Waals surface area contributed by atoms with Gasteiger partial charge in [-0.25, -0.2) is 4.98 Å². The molecule has 0 aliphatic rings. The van der Waals surface area contributed by atoms with E-state index in [0.717, 1.165) is 24.9 Å². The average molecular weight is 302 g/mol. The first-order chi connectivity index (χ1) is 7.08. The van der Waals surface area contributed by atoms with Gasteiger partial charge in [-0.05, 0) is 28.9 Å². The summed E-state index contributed by atoms with van der Waals surface area (Å²) in [5, 5.41) is 2.94. The average Bonchev–Trinajstić information content (AvgIpc) is 2.71. The number of halogens is 1. The maximum absolute atomic E-state index is 11.3. The van der Waals surface area contributed by atoms with Gasteiger partial charge in [0.15, 0.2) is 5.78 Å². The van der Waals surface area contributed by atoms with Crippen molar-refractivity contribution in [3.05, 3.63) is 26.5 Å². The van der Waals surface area contributed by atoms with Crippen LogP contribution in [0, 0.1) is 6.92 Å². The lowest BCUT2D eigenvalue weighted by Gasteiger charge is -1.86. The lowest BCUT2D eigenvalue weighted by Crippen LogP contribution is -1.89. The normalized spacial score (nSPS) is 10.6. The molecule has 78 valence electrons. The Morgan fingerprint density at radius 3 is 2.73 bits per heavy atom. The Morgan fingerprint density at radius 1 is 1.53 bits per heavy atom. The fraction of sp³-hybridized carbons (Fsp3) is 0.200. The second kappa shape index (κ2) is 4.15. The van der Waals surface area contributed by atoms with Gasteiger partial charge in [-0.15, -0.1) is 22.7 Å². The first-order valence-electron chi connectivity index (χ1n) is 4.30. The zero-order valence-electron chi connectivity index (χ0n) is 8.20. The van der Waals surface area contributed by atoms with Crippen molar-refractivity contribution >= 4 is 44.4 Å². The van der Waals surface area contributed by atoms with Crippen LogP contribution in [0.4, 0.5) is 0 Å². The number of ketones is 1. The number of hydrogen-bond acceptors (Lipinski definition) is 4. The second-order valence-electron chi connectivity index (χ2n) is 3.12. The predicted molar refractivity (Wildman–Crippen MR) is 67.9 cm³/mol. The number of thiophene rings is 1. The van der Waals surface area contributed by atoms with Crippen molar-refractivity contribution in [2.24, 2.45) is 0 Å². The quantitative estimate of drug-likeness (QED) is 0.780. The van der Waals surface area contributed by atoms with Gasteiger partial charge >= 0.3 is 0 Å². The van der Waals surface area contributed by atoms with Gasteiger partial charge in [0.05, 0.1) is 15.4 Å². The SMILES string of the molecule is CC(=O)c1sc(-c2cc(Br)cs2)nc1C. The van der Waals surface area contributed by atoms with Crippen molar-refractivity contribution in [3.8, 4) is 9.88 Å². The van der Waals surface area contributed by atoms with Crippen molar-refractivity contribution in [2.75, 3.05) is 0 Å².